The third-order valence-electron chi connectivity index (χ3n) is 4.96. The minimum absolute atomic E-state index is 0.0898. The van der Waals surface area contributed by atoms with Crippen LogP contribution < -0.4 is 0 Å². The van der Waals surface area contributed by atoms with Gasteiger partial charge in [-0.3, -0.25) is 0 Å². The molecule has 3 rings (SSSR count). The highest BCUT2D eigenvalue weighted by atomic mass is 32.2. The molecule has 27 heavy (non-hydrogen) atoms. The van der Waals surface area contributed by atoms with Crippen molar-refractivity contribution in [1.29, 1.82) is 0 Å². The monoisotopic (exact) mass is 389 g/mol. The molecule has 0 bridgehead atoms. The normalized spacial score (nSPS) is 24.0. The number of ether oxygens (including phenoxy) is 1. The molecular formula is C20H23NO5S. The van der Waals surface area contributed by atoms with E-state index < -0.39 is 15.4 Å². The average Bonchev–Trinajstić information content (AvgIpc) is 2.67. The van der Waals surface area contributed by atoms with E-state index in [9.17, 15) is 13.5 Å². The highest BCUT2D eigenvalue weighted by Gasteiger charge is 2.35. The minimum Gasteiger partial charge on any atom is -0.411 e. The molecule has 2 aromatic carbocycles. The average molecular weight is 389 g/mol. The maximum absolute atomic E-state index is 13.0. The maximum atomic E-state index is 13.0. The van der Waals surface area contributed by atoms with E-state index in [0.717, 1.165) is 0 Å². The molecule has 0 radical (unpaired) electrons. The van der Waals surface area contributed by atoms with Gasteiger partial charge >= 0.3 is 0 Å². The first-order valence-corrected chi connectivity index (χ1v) is 10.2. The summed E-state index contributed by atoms with van der Waals surface area (Å²) in [7, 11) is -3.73. The van der Waals surface area contributed by atoms with Gasteiger partial charge in [0, 0.05) is 12.8 Å². The summed E-state index contributed by atoms with van der Waals surface area (Å²) in [6.45, 7) is 3.95. The highest BCUT2D eigenvalue weighted by molar-refractivity contribution is 7.91. The van der Waals surface area contributed by atoms with Crippen molar-refractivity contribution >= 4 is 15.5 Å². The van der Waals surface area contributed by atoms with Gasteiger partial charge < -0.3 is 15.1 Å². The first kappa shape index (κ1) is 19.5. The molecule has 1 saturated heterocycles. The molecule has 2 atom stereocenters. The Kier molecular flexibility index (Phi) is 5.37. The van der Waals surface area contributed by atoms with Crippen molar-refractivity contribution in [1.82, 2.24) is 0 Å². The zero-order chi connectivity index (χ0) is 19.7. The minimum atomic E-state index is -3.73. The van der Waals surface area contributed by atoms with Crippen molar-refractivity contribution in [3.05, 3.63) is 59.7 Å². The van der Waals surface area contributed by atoms with E-state index in [0.29, 0.717) is 36.3 Å². The van der Waals surface area contributed by atoms with E-state index in [4.69, 9.17) is 9.94 Å². The van der Waals surface area contributed by atoms with Gasteiger partial charge in [0.15, 0.2) is 0 Å². The number of sulfone groups is 1. The SMILES string of the molecule is C/C(=N/O)c1ccc(S(=O)(=O)c2cccc([C@]3(O)CCO[C@@H](C)C3)c2)cc1. The van der Waals surface area contributed by atoms with Gasteiger partial charge in [-0.2, -0.15) is 0 Å². The molecule has 0 unspecified atom stereocenters. The van der Waals surface area contributed by atoms with Crippen molar-refractivity contribution in [2.45, 2.75) is 48.2 Å². The van der Waals surface area contributed by atoms with E-state index in [1.54, 1.807) is 37.3 Å². The van der Waals surface area contributed by atoms with E-state index >= 15 is 0 Å². The van der Waals surface area contributed by atoms with E-state index in [2.05, 4.69) is 5.16 Å². The fourth-order valence-electron chi connectivity index (χ4n) is 3.35. The molecule has 0 amide bonds. The summed E-state index contributed by atoms with van der Waals surface area (Å²) < 4.78 is 31.5. The first-order chi connectivity index (χ1) is 12.8. The van der Waals surface area contributed by atoms with Crippen LogP contribution in [0.15, 0.2) is 63.5 Å². The summed E-state index contributed by atoms with van der Waals surface area (Å²) >= 11 is 0. The Morgan fingerprint density at radius 3 is 2.52 bits per heavy atom. The molecule has 1 aliphatic rings. The van der Waals surface area contributed by atoms with Gasteiger partial charge in [0.1, 0.15) is 0 Å². The Morgan fingerprint density at radius 1 is 1.19 bits per heavy atom. The van der Waals surface area contributed by atoms with Crippen LogP contribution in [-0.4, -0.2) is 37.2 Å². The van der Waals surface area contributed by atoms with Gasteiger partial charge in [0.25, 0.3) is 0 Å². The van der Waals surface area contributed by atoms with E-state index in [1.807, 2.05) is 6.92 Å². The fourth-order valence-corrected chi connectivity index (χ4v) is 4.66. The Balaban J connectivity index is 1.96. The fraction of sp³-hybridized carbons (Fsp3) is 0.350. The largest absolute Gasteiger partial charge is 0.411 e. The maximum Gasteiger partial charge on any atom is 0.206 e. The summed E-state index contributed by atoms with van der Waals surface area (Å²) in [5.74, 6) is 0. The number of rotatable bonds is 4. The van der Waals surface area contributed by atoms with Crippen molar-refractivity contribution < 1.29 is 23.5 Å². The van der Waals surface area contributed by atoms with Crippen LogP contribution in [0, 0.1) is 0 Å². The Bertz CT molecular complexity index is 953. The second kappa shape index (κ2) is 7.42. The quantitative estimate of drug-likeness (QED) is 0.476. The zero-order valence-electron chi connectivity index (χ0n) is 15.3. The number of oxime groups is 1. The standard InChI is InChI=1S/C20H23NO5S/c1-14-13-20(22,10-11-26-14)17-4-3-5-19(12-17)27(24,25)18-8-6-16(7-9-18)15(2)21-23/h3-9,12,14,22-23H,10-11,13H2,1-2H3/b21-15-/t14-,20-/m0/s1. The molecule has 0 aliphatic carbocycles. The predicted molar refractivity (Wildman–Crippen MR) is 101 cm³/mol. The lowest BCUT2D eigenvalue weighted by molar-refractivity contribution is -0.101. The molecule has 0 aromatic heterocycles. The molecule has 2 aromatic rings. The molecule has 6 nitrogen and oxygen atoms in total. The van der Waals surface area contributed by atoms with Gasteiger partial charge in [-0.25, -0.2) is 8.42 Å². The first-order valence-electron chi connectivity index (χ1n) is 8.75. The third-order valence-corrected chi connectivity index (χ3v) is 6.72. The molecule has 1 aliphatic heterocycles. The summed E-state index contributed by atoms with van der Waals surface area (Å²) in [5.41, 5.74) is 0.521. The number of hydrogen-bond acceptors (Lipinski definition) is 6. The summed E-state index contributed by atoms with van der Waals surface area (Å²) in [6, 6.07) is 12.6. The van der Waals surface area contributed by atoms with Crippen LogP contribution >= 0.6 is 0 Å². The van der Waals surface area contributed by atoms with Gasteiger partial charge in [-0.05, 0) is 49.2 Å². The topological polar surface area (TPSA) is 96.2 Å². The van der Waals surface area contributed by atoms with Crippen LogP contribution in [0.2, 0.25) is 0 Å². The smallest absolute Gasteiger partial charge is 0.206 e. The highest BCUT2D eigenvalue weighted by Crippen LogP contribution is 2.36. The molecule has 1 heterocycles. The number of benzene rings is 2. The molecule has 0 saturated carbocycles. The van der Waals surface area contributed by atoms with Crippen molar-refractivity contribution in [3.8, 4) is 0 Å². The van der Waals surface area contributed by atoms with Gasteiger partial charge in [0.05, 0.1) is 33.8 Å². The number of hydrogen-bond donors (Lipinski definition) is 2. The summed E-state index contributed by atoms with van der Waals surface area (Å²) in [4.78, 5) is 0.273. The summed E-state index contributed by atoms with van der Waals surface area (Å²) in [6.07, 6.45) is 0.758. The Labute approximate surface area is 159 Å². The lowest BCUT2D eigenvalue weighted by Crippen LogP contribution is -2.37. The van der Waals surface area contributed by atoms with E-state index in [1.165, 1.54) is 18.2 Å². The number of nitrogens with zero attached hydrogens (tertiary/aromatic N) is 1. The molecular weight excluding hydrogens is 366 g/mol. The molecule has 2 N–H and O–H groups in total. The van der Waals surface area contributed by atoms with Crippen molar-refractivity contribution in [2.75, 3.05) is 6.61 Å². The Hall–Kier alpha value is -2.22. The van der Waals surface area contributed by atoms with Crippen molar-refractivity contribution in [2.24, 2.45) is 5.16 Å². The second-order valence-corrected chi connectivity index (χ2v) is 8.86. The molecule has 1 fully saturated rings. The van der Waals surface area contributed by atoms with Crippen LogP contribution in [0.4, 0.5) is 0 Å². The number of aliphatic hydroxyl groups is 1. The van der Waals surface area contributed by atoms with E-state index in [-0.39, 0.29) is 15.9 Å². The third kappa shape index (κ3) is 3.90. The predicted octanol–water partition coefficient (Wildman–Crippen LogP) is 3.10. The van der Waals surface area contributed by atoms with Gasteiger partial charge in [-0.15, -0.1) is 0 Å². The van der Waals surface area contributed by atoms with Gasteiger partial charge in [0.2, 0.25) is 9.84 Å². The van der Waals surface area contributed by atoms with Crippen molar-refractivity contribution in [3.63, 3.8) is 0 Å². The van der Waals surface area contributed by atoms with Crippen LogP contribution in [0.3, 0.4) is 0 Å². The zero-order valence-corrected chi connectivity index (χ0v) is 16.1. The second-order valence-electron chi connectivity index (χ2n) is 6.91. The van der Waals surface area contributed by atoms with Crippen LogP contribution in [0.5, 0.6) is 0 Å². The van der Waals surface area contributed by atoms with Crippen LogP contribution in [-0.2, 0) is 20.2 Å². The molecule has 144 valence electrons. The van der Waals surface area contributed by atoms with Gasteiger partial charge in [-0.1, -0.05) is 29.4 Å². The van der Waals surface area contributed by atoms with Crippen LogP contribution in [0.25, 0.3) is 0 Å². The lowest BCUT2D eigenvalue weighted by Gasteiger charge is -2.36. The lowest BCUT2D eigenvalue weighted by atomic mass is 9.84. The van der Waals surface area contributed by atoms with Crippen LogP contribution in [0.1, 0.15) is 37.8 Å². The molecule has 0 spiro atoms. The summed E-state index contributed by atoms with van der Waals surface area (Å²) in [5, 5.41) is 22.9. The Morgan fingerprint density at radius 2 is 1.89 bits per heavy atom. The molecule has 7 heteroatoms.